The summed E-state index contributed by atoms with van der Waals surface area (Å²) in [4.78, 5) is 43.1. The Morgan fingerprint density at radius 3 is 2.69 bits per heavy atom. The van der Waals surface area contributed by atoms with Crippen LogP contribution in [0.25, 0.3) is 0 Å². The molecule has 2 atom stereocenters. The van der Waals surface area contributed by atoms with E-state index in [9.17, 15) is 22.8 Å². The van der Waals surface area contributed by atoms with Crippen LogP contribution in [-0.2, 0) is 35.5 Å². The second-order valence-electron chi connectivity index (χ2n) is 10.2. The number of nitrogens with zero attached hydrogens (tertiary/aromatic N) is 2. The molecular weight excluding hydrogens is 530 g/mol. The highest BCUT2D eigenvalue weighted by molar-refractivity contribution is 7.92. The Morgan fingerprint density at radius 2 is 2.08 bits per heavy atom. The fourth-order valence-corrected chi connectivity index (χ4v) is 5.08. The molecule has 1 saturated heterocycles. The molecule has 12 nitrogen and oxygen atoms in total. The van der Waals surface area contributed by atoms with Gasteiger partial charge in [-0.25, -0.2) is 28.3 Å². The first-order chi connectivity index (χ1) is 18.4. The number of carbonyl (C=O) groups is 3. The van der Waals surface area contributed by atoms with Crippen LogP contribution in [-0.4, -0.2) is 78.1 Å². The summed E-state index contributed by atoms with van der Waals surface area (Å²) in [6, 6.07) is 1.39. The van der Waals surface area contributed by atoms with Crippen molar-refractivity contribution in [1.82, 2.24) is 14.9 Å². The molecule has 3 heterocycles. The van der Waals surface area contributed by atoms with Crippen LogP contribution in [0.15, 0.2) is 12.3 Å². The van der Waals surface area contributed by atoms with E-state index in [4.69, 9.17) is 14.7 Å². The van der Waals surface area contributed by atoms with E-state index in [0.29, 0.717) is 24.3 Å². The van der Waals surface area contributed by atoms with Crippen LogP contribution < -0.4 is 5.48 Å². The number of hydrogen-bond donors (Lipinski definition) is 2. The average Bonchev–Trinajstić information content (AvgIpc) is 3.46. The van der Waals surface area contributed by atoms with Crippen molar-refractivity contribution in [2.45, 2.75) is 63.0 Å². The number of sulfone groups is 1. The smallest absolute Gasteiger partial charge is 0.450 e. The maximum atomic E-state index is 12.9. The highest BCUT2D eigenvalue weighted by Gasteiger charge is 2.45. The second kappa shape index (κ2) is 11.3. The number of carbonyl (C=O) groups excluding carboxylic acids is 2. The van der Waals surface area contributed by atoms with Gasteiger partial charge in [-0.05, 0) is 56.9 Å². The van der Waals surface area contributed by atoms with E-state index in [0.717, 1.165) is 31.9 Å². The predicted octanol–water partition coefficient (Wildman–Crippen LogP) is 1.87. The van der Waals surface area contributed by atoms with Crippen LogP contribution in [0.2, 0.25) is 0 Å². The van der Waals surface area contributed by atoms with Crippen LogP contribution in [0.5, 0.6) is 0 Å². The molecule has 1 aliphatic carbocycles. The molecule has 0 bridgehead atoms. The number of carboxylic acid groups (broad SMARTS) is 1. The molecule has 3 aliphatic rings. The van der Waals surface area contributed by atoms with Crippen LogP contribution in [0.1, 0.15) is 56.7 Å². The van der Waals surface area contributed by atoms with Crippen molar-refractivity contribution in [3.05, 3.63) is 23.5 Å². The largest absolute Gasteiger partial charge is 0.505 e. The molecule has 2 aliphatic heterocycles. The molecule has 0 aromatic carbocycles. The van der Waals surface area contributed by atoms with Gasteiger partial charge < -0.3 is 19.5 Å². The van der Waals surface area contributed by atoms with Gasteiger partial charge in [0, 0.05) is 43.3 Å². The van der Waals surface area contributed by atoms with E-state index < -0.39 is 38.4 Å². The number of amides is 2. The third-order valence-electron chi connectivity index (χ3n) is 7.23. The Labute approximate surface area is 226 Å². The molecule has 210 valence electrons. The topological polar surface area (TPSA) is 153 Å². The van der Waals surface area contributed by atoms with E-state index in [-0.39, 0.29) is 32.1 Å². The van der Waals surface area contributed by atoms with Crippen LogP contribution in [0.3, 0.4) is 0 Å². The molecule has 1 aromatic rings. The zero-order chi connectivity index (χ0) is 28.3. The Balaban J connectivity index is 1.34. The van der Waals surface area contributed by atoms with E-state index in [2.05, 4.69) is 33.9 Å². The molecular formula is C26H31N3O9S. The third-order valence-corrected chi connectivity index (χ3v) is 9.26. The quantitative estimate of drug-likeness (QED) is 0.261. The minimum atomic E-state index is -3.86. The minimum Gasteiger partial charge on any atom is -0.450 e. The first-order valence-corrected chi connectivity index (χ1v) is 14.5. The van der Waals surface area contributed by atoms with Gasteiger partial charge in [0.2, 0.25) is 0 Å². The maximum absolute atomic E-state index is 12.9. The number of rotatable bonds is 9. The van der Waals surface area contributed by atoms with Gasteiger partial charge in [-0.15, -0.1) is 0 Å². The summed E-state index contributed by atoms with van der Waals surface area (Å²) in [5, 5.41) is 8.64. The predicted molar refractivity (Wildman–Crippen MR) is 137 cm³/mol. The summed E-state index contributed by atoms with van der Waals surface area (Å²) in [6.07, 6.45) is 4.36. The van der Waals surface area contributed by atoms with Crippen molar-refractivity contribution in [3.8, 4) is 23.7 Å². The normalized spacial score (nSPS) is 20.9. The summed E-state index contributed by atoms with van der Waals surface area (Å²) >= 11 is 0. The van der Waals surface area contributed by atoms with Crippen molar-refractivity contribution in [2.75, 3.05) is 26.0 Å². The summed E-state index contributed by atoms with van der Waals surface area (Å²) in [5.74, 6) is 10.5. The molecule has 0 spiro atoms. The van der Waals surface area contributed by atoms with Gasteiger partial charge in [-0.2, -0.15) is 0 Å². The van der Waals surface area contributed by atoms with Gasteiger partial charge in [0.1, 0.15) is 6.61 Å². The lowest BCUT2D eigenvalue weighted by Gasteiger charge is -2.29. The highest BCUT2D eigenvalue weighted by atomic mass is 32.2. The first kappa shape index (κ1) is 28.5. The highest BCUT2D eigenvalue weighted by Crippen LogP contribution is 2.45. The lowest BCUT2D eigenvalue weighted by atomic mass is 10.1. The number of nitrogens with one attached hydrogen (secondary N) is 1. The van der Waals surface area contributed by atoms with Crippen molar-refractivity contribution in [2.24, 2.45) is 5.41 Å². The van der Waals surface area contributed by atoms with Gasteiger partial charge in [0.25, 0.3) is 5.91 Å². The van der Waals surface area contributed by atoms with Gasteiger partial charge in [-0.3, -0.25) is 9.36 Å². The number of hydrogen-bond acceptors (Lipinski definition) is 8. The fraction of sp³-hybridized carbons (Fsp3) is 0.577. The van der Waals surface area contributed by atoms with Crippen molar-refractivity contribution in [3.63, 3.8) is 0 Å². The van der Waals surface area contributed by atoms with Crippen LogP contribution >= 0.6 is 0 Å². The van der Waals surface area contributed by atoms with Gasteiger partial charge in [-0.1, -0.05) is 11.8 Å². The zero-order valence-corrected chi connectivity index (χ0v) is 22.6. The zero-order valence-electron chi connectivity index (χ0n) is 21.8. The monoisotopic (exact) mass is 561 g/mol. The van der Waals surface area contributed by atoms with Gasteiger partial charge in [0.05, 0.1) is 12.0 Å². The Hall–Kier alpha value is -3.52. The lowest BCUT2D eigenvalue weighted by Crippen LogP contribution is -2.52. The van der Waals surface area contributed by atoms with E-state index in [1.807, 2.05) is 0 Å². The minimum absolute atomic E-state index is 0.0177. The number of aromatic nitrogens is 1. The Kier molecular flexibility index (Phi) is 8.25. The van der Waals surface area contributed by atoms with E-state index in [1.54, 1.807) is 12.3 Å². The lowest BCUT2D eigenvalue weighted by molar-refractivity contribution is -0.201. The molecule has 2 fully saturated rings. The average molecular weight is 562 g/mol. The van der Waals surface area contributed by atoms with E-state index >= 15 is 0 Å². The molecule has 2 unspecified atom stereocenters. The summed E-state index contributed by atoms with van der Waals surface area (Å²) in [7, 11) is -3.86. The second-order valence-corrected chi connectivity index (χ2v) is 12.7. The molecule has 2 N–H and O–H groups in total. The van der Waals surface area contributed by atoms with Crippen molar-refractivity contribution < 1.29 is 42.2 Å². The van der Waals surface area contributed by atoms with Crippen molar-refractivity contribution >= 4 is 27.9 Å². The molecule has 2 amide bonds. The molecule has 4 rings (SSSR count). The van der Waals surface area contributed by atoms with E-state index in [1.165, 1.54) is 16.4 Å². The molecule has 39 heavy (non-hydrogen) atoms. The molecule has 13 heteroatoms. The third kappa shape index (κ3) is 6.74. The van der Waals surface area contributed by atoms with Crippen LogP contribution in [0.4, 0.5) is 9.59 Å². The summed E-state index contributed by atoms with van der Waals surface area (Å²) in [6.45, 7) is 2.11. The Morgan fingerprint density at radius 1 is 1.31 bits per heavy atom. The summed E-state index contributed by atoms with van der Waals surface area (Å²) in [5.41, 5.74) is 3.04. The summed E-state index contributed by atoms with van der Waals surface area (Å²) < 4.78 is 34.8. The maximum Gasteiger partial charge on any atom is 0.505 e. The van der Waals surface area contributed by atoms with Gasteiger partial charge >= 0.3 is 12.2 Å². The van der Waals surface area contributed by atoms with Crippen LogP contribution in [0, 0.1) is 29.1 Å². The molecule has 1 aromatic heterocycles. The SMILES string of the molecule is CC(CCN1Cc2cc(C#CC#CC3(COC(=O)O)CC3)cn2C1=O)(C(=O)NOC1CCCCO1)S(C)(=O)=O. The first-order valence-electron chi connectivity index (χ1n) is 12.6. The number of ether oxygens (including phenoxy) is 2. The number of fused-ring (bicyclic) bond motifs is 1. The van der Waals surface area contributed by atoms with Gasteiger partial charge in [0.15, 0.2) is 20.9 Å². The Bertz CT molecular complexity index is 1370. The number of hydroxylamine groups is 1. The molecule has 1 saturated carbocycles. The van der Waals surface area contributed by atoms with Crippen molar-refractivity contribution in [1.29, 1.82) is 0 Å². The standard InChI is InChI=1S/C26H31N3O9S/c1-25(39(2,34)35,22(30)27-38-21-8-4-6-14-36-21)12-13-28-17-20-15-19(16-29(20)23(28)31)7-3-5-9-26(10-11-26)18-37-24(32)33/h15-16,21H,4,6,8,10-14,17-18H2,1-2H3,(H,27,30)(H,32,33). The fourth-order valence-electron chi connectivity index (χ4n) is 4.24. The molecule has 0 radical (unpaired) electrons.